The van der Waals surface area contributed by atoms with E-state index in [9.17, 15) is 19.4 Å². The monoisotopic (exact) mass is 779 g/mol. The third-order valence-electron chi connectivity index (χ3n) is 9.21. The van der Waals surface area contributed by atoms with Crippen molar-refractivity contribution in [3.8, 4) is 0 Å². The lowest BCUT2D eigenvalue weighted by Gasteiger charge is -2.29. The van der Waals surface area contributed by atoms with E-state index < -0.39 is 26.6 Å². The van der Waals surface area contributed by atoms with Gasteiger partial charge in [-0.25, -0.2) is 0 Å². The molecule has 0 saturated carbocycles. The molecule has 0 aliphatic carbocycles. The molecule has 3 atom stereocenters. The average molecular weight is 779 g/mol. The minimum atomic E-state index is -4.60. The van der Waals surface area contributed by atoms with Crippen molar-refractivity contribution in [2.24, 2.45) is 0 Å². The van der Waals surface area contributed by atoms with Gasteiger partial charge >= 0.3 is 0 Å². The maximum atomic E-state index is 12.8. The van der Waals surface area contributed by atoms with E-state index in [2.05, 4.69) is 67.8 Å². The van der Waals surface area contributed by atoms with Crippen LogP contribution in [-0.4, -0.2) is 68.5 Å². The number of nitrogens with zero attached hydrogens (tertiary/aromatic N) is 1. The fraction of sp³-hybridized carbons (Fsp3) is 0.756. The van der Waals surface area contributed by atoms with E-state index in [4.69, 9.17) is 9.05 Å². The topological polar surface area (TPSA) is 108 Å². The number of carbonyl (C=O) groups is 1. The van der Waals surface area contributed by atoms with Crippen molar-refractivity contribution in [2.75, 3.05) is 40.9 Å². The number of carbonyl (C=O) groups excluding carboxylic acids is 1. The summed E-state index contributed by atoms with van der Waals surface area (Å²) < 4.78 is 23.1. The minimum absolute atomic E-state index is 0.0125. The molecule has 54 heavy (non-hydrogen) atoms. The van der Waals surface area contributed by atoms with Crippen LogP contribution in [0.15, 0.2) is 60.8 Å². The molecule has 9 heteroatoms. The van der Waals surface area contributed by atoms with Gasteiger partial charge in [0.25, 0.3) is 7.82 Å². The molecule has 0 bridgehead atoms. The van der Waals surface area contributed by atoms with Crippen molar-refractivity contribution in [3.05, 3.63) is 60.8 Å². The number of aliphatic hydroxyl groups excluding tert-OH is 1. The number of phosphoric acid groups is 1. The van der Waals surface area contributed by atoms with Crippen molar-refractivity contribution in [3.63, 3.8) is 0 Å². The average Bonchev–Trinajstić information content (AvgIpc) is 3.12. The maximum absolute atomic E-state index is 12.8. The van der Waals surface area contributed by atoms with E-state index >= 15 is 0 Å². The first-order chi connectivity index (χ1) is 26.0. The molecule has 8 nitrogen and oxygen atoms in total. The highest BCUT2D eigenvalue weighted by atomic mass is 31.2. The van der Waals surface area contributed by atoms with Gasteiger partial charge in [-0.3, -0.25) is 9.36 Å². The molecule has 314 valence electrons. The third-order valence-corrected chi connectivity index (χ3v) is 10.2. The number of quaternary nitrogens is 1. The Labute approximate surface area is 332 Å². The molecule has 0 aliphatic heterocycles. The summed E-state index contributed by atoms with van der Waals surface area (Å²) in [6.07, 6.45) is 47.0. The molecular formula is C45H83N2O6P. The Hall–Kier alpha value is -1.80. The zero-order valence-corrected chi connectivity index (χ0v) is 36.3. The largest absolute Gasteiger partial charge is 0.756 e. The van der Waals surface area contributed by atoms with Gasteiger partial charge in [0.05, 0.1) is 39.9 Å². The number of phosphoric ester groups is 1. The van der Waals surface area contributed by atoms with Crippen molar-refractivity contribution in [1.82, 2.24) is 5.32 Å². The molecule has 2 N–H and O–H groups in total. The number of allylic oxidation sites excluding steroid dienone is 9. The fourth-order valence-electron chi connectivity index (χ4n) is 5.77. The molecule has 0 aliphatic rings. The molecule has 0 rings (SSSR count). The summed E-state index contributed by atoms with van der Waals surface area (Å²) in [5.41, 5.74) is 0. The predicted molar refractivity (Wildman–Crippen MR) is 228 cm³/mol. The van der Waals surface area contributed by atoms with E-state index in [-0.39, 0.29) is 12.5 Å². The minimum Gasteiger partial charge on any atom is -0.756 e. The standard InChI is InChI=1S/C45H83N2O6P/c1-6-8-10-12-14-16-18-20-22-23-25-26-28-30-32-34-36-38-44(48)43(42-53-54(50,51)52-41-40-47(3,4)5)46-45(49)39-37-35-33-31-29-27-24-21-19-17-15-13-11-9-7-2/h9,11,15,17,21,24,28,30,36,38,43-44,48H,6-8,10,12-14,16,18-20,22-23,25-27,29,31-35,37,39-42H2,1-5H3,(H-,46,49,50,51)/b11-9-,17-15-,24-21-,30-28+,38-36+. The van der Waals surface area contributed by atoms with Crippen molar-refractivity contribution >= 4 is 13.7 Å². The summed E-state index contributed by atoms with van der Waals surface area (Å²) >= 11 is 0. The number of unbranched alkanes of at least 4 members (excludes halogenated alkanes) is 17. The maximum Gasteiger partial charge on any atom is 0.268 e. The van der Waals surface area contributed by atoms with Crippen LogP contribution in [-0.2, 0) is 18.4 Å². The third kappa shape index (κ3) is 38.5. The number of hydrogen-bond acceptors (Lipinski definition) is 6. The first-order valence-electron chi connectivity index (χ1n) is 21.7. The van der Waals surface area contributed by atoms with Crippen LogP contribution < -0.4 is 10.2 Å². The van der Waals surface area contributed by atoms with E-state index in [1.54, 1.807) is 6.08 Å². The molecule has 0 aromatic carbocycles. The molecular weight excluding hydrogens is 695 g/mol. The molecule has 0 aromatic rings. The van der Waals surface area contributed by atoms with Crippen LogP contribution in [0.3, 0.4) is 0 Å². The molecule has 0 spiro atoms. The van der Waals surface area contributed by atoms with Gasteiger partial charge in [-0.15, -0.1) is 0 Å². The Balaban J connectivity index is 4.54. The highest BCUT2D eigenvalue weighted by molar-refractivity contribution is 7.45. The van der Waals surface area contributed by atoms with Crippen LogP contribution in [0, 0.1) is 0 Å². The van der Waals surface area contributed by atoms with Crippen molar-refractivity contribution in [2.45, 2.75) is 180 Å². The van der Waals surface area contributed by atoms with E-state index in [0.717, 1.165) is 77.0 Å². The van der Waals surface area contributed by atoms with Crippen molar-refractivity contribution < 1.29 is 32.9 Å². The Bertz CT molecular complexity index is 1060. The van der Waals surface area contributed by atoms with Gasteiger partial charge in [0.2, 0.25) is 5.91 Å². The van der Waals surface area contributed by atoms with E-state index in [1.807, 2.05) is 27.2 Å². The van der Waals surface area contributed by atoms with Gasteiger partial charge in [-0.1, -0.05) is 158 Å². The lowest BCUT2D eigenvalue weighted by Crippen LogP contribution is -2.45. The summed E-state index contributed by atoms with van der Waals surface area (Å²) in [6.45, 7) is 4.48. The highest BCUT2D eigenvalue weighted by Gasteiger charge is 2.23. The van der Waals surface area contributed by atoms with Gasteiger partial charge in [0.15, 0.2) is 0 Å². The normalized spacial score (nSPS) is 15.0. The van der Waals surface area contributed by atoms with Crippen LogP contribution in [0.2, 0.25) is 0 Å². The van der Waals surface area contributed by atoms with Gasteiger partial charge in [0, 0.05) is 6.42 Å². The van der Waals surface area contributed by atoms with Crippen molar-refractivity contribution in [1.29, 1.82) is 0 Å². The van der Waals surface area contributed by atoms with Crippen LogP contribution in [0.1, 0.15) is 168 Å². The molecule has 0 fully saturated rings. The van der Waals surface area contributed by atoms with E-state index in [1.165, 1.54) is 70.6 Å². The molecule has 0 radical (unpaired) electrons. The first-order valence-corrected chi connectivity index (χ1v) is 23.1. The molecule has 0 aromatic heterocycles. The zero-order chi connectivity index (χ0) is 40.0. The summed E-state index contributed by atoms with van der Waals surface area (Å²) in [4.78, 5) is 25.3. The molecule has 1 amide bonds. The summed E-state index contributed by atoms with van der Waals surface area (Å²) in [5, 5.41) is 13.7. The predicted octanol–water partition coefficient (Wildman–Crippen LogP) is 11.2. The quantitative estimate of drug-likeness (QED) is 0.0280. The fourth-order valence-corrected chi connectivity index (χ4v) is 6.49. The summed E-state index contributed by atoms with van der Waals surface area (Å²) in [5.74, 6) is -0.228. The Morgan fingerprint density at radius 2 is 1.15 bits per heavy atom. The second-order valence-corrected chi connectivity index (χ2v) is 17.1. The number of likely N-dealkylation sites (N-methyl/N-ethyl adjacent to an activating group) is 1. The first kappa shape index (κ1) is 52.2. The van der Waals surface area contributed by atoms with Gasteiger partial charge in [-0.05, 0) is 64.2 Å². The number of nitrogens with one attached hydrogen (secondary N) is 1. The van der Waals surface area contributed by atoms with E-state index in [0.29, 0.717) is 17.4 Å². The second kappa shape index (κ2) is 36.8. The van der Waals surface area contributed by atoms with Crippen LogP contribution in [0.5, 0.6) is 0 Å². The number of rotatable bonds is 38. The molecule has 3 unspecified atom stereocenters. The molecule has 0 heterocycles. The van der Waals surface area contributed by atoms with Crippen LogP contribution >= 0.6 is 7.82 Å². The Morgan fingerprint density at radius 1 is 0.667 bits per heavy atom. The summed E-state index contributed by atoms with van der Waals surface area (Å²) in [6, 6.07) is -0.913. The highest BCUT2D eigenvalue weighted by Crippen LogP contribution is 2.38. The lowest BCUT2D eigenvalue weighted by molar-refractivity contribution is -0.870. The van der Waals surface area contributed by atoms with Gasteiger partial charge in [-0.2, -0.15) is 0 Å². The Kier molecular flexibility index (Phi) is 35.6. The van der Waals surface area contributed by atoms with Gasteiger partial charge < -0.3 is 28.8 Å². The second-order valence-electron chi connectivity index (χ2n) is 15.7. The lowest BCUT2D eigenvalue weighted by atomic mass is 10.1. The summed E-state index contributed by atoms with van der Waals surface area (Å²) in [7, 11) is 1.22. The number of aliphatic hydroxyl groups is 1. The number of amides is 1. The van der Waals surface area contributed by atoms with Gasteiger partial charge in [0.1, 0.15) is 13.2 Å². The molecule has 0 saturated heterocycles. The smallest absolute Gasteiger partial charge is 0.268 e. The SMILES string of the molecule is CC/C=C\C/C=C\C/C=C\CCCCCCCC(=O)NC(COP(=O)([O-])OCC[N+](C)(C)C)C(O)/C=C/CC/C=C/CCCCCCCCCCCCC. The number of hydrogen-bond donors (Lipinski definition) is 2. The Morgan fingerprint density at radius 3 is 1.72 bits per heavy atom. The zero-order valence-electron chi connectivity index (χ0n) is 35.4. The van der Waals surface area contributed by atoms with Crippen LogP contribution in [0.25, 0.3) is 0 Å². The van der Waals surface area contributed by atoms with Crippen LogP contribution in [0.4, 0.5) is 0 Å².